The number of hydrogen-bond acceptors (Lipinski definition) is 4. The normalized spacial score (nSPS) is 12.6. The molecule has 6 heteroatoms. The molecule has 0 aliphatic carbocycles. The Hall–Kier alpha value is -1.84. The fraction of sp³-hybridized carbons (Fsp3) is 0.286. The summed E-state index contributed by atoms with van der Waals surface area (Å²) >= 11 is 2.99. The van der Waals surface area contributed by atoms with Crippen LogP contribution in [0.2, 0.25) is 0 Å². The number of ether oxygens (including phenoxy) is 1. The molecular weight excluding hydrogens is 326 g/mol. The lowest BCUT2D eigenvalue weighted by atomic mass is 10.1. The van der Waals surface area contributed by atoms with Gasteiger partial charge in [-0.2, -0.15) is 0 Å². The zero-order chi connectivity index (χ0) is 15.1. The predicted octanol–water partition coefficient (Wildman–Crippen LogP) is 1.04. The average molecular weight is 340 g/mol. The molecule has 1 rings (SSSR count). The van der Waals surface area contributed by atoms with E-state index in [0.717, 1.165) is 5.56 Å². The highest BCUT2D eigenvalue weighted by molar-refractivity contribution is 9.12. The molecule has 106 valence electrons. The van der Waals surface area contributed by atoms with E-state index in [1.165, 1.54) is 14.0 Å². The Morgan fingerprint density at radius 1 is 1.35 bits per heavy atom. The number of benzene rings is 1. The van der Waals surface area contributed by atoms with E-state index in [-0.39, 0.29) is 0 Å². The van der Waals surface area contributed by atoms with Gasteiger partial charge in [0.2, 0.25) is 0 Å². The van der Waals surface area contributed by atoms with Gasteiger partial charge in [-0.3, -0.25) is 4.79 Å². The molecule has 2 unspecified atom stereocenters. The molecular formula is C14H14BrNO4. The predicted molar refractivity (Wildman–Crippen MR) is 77.2 cm³/mol. The van der Waals surface area contributed by atoms with Gasteiger partial charge in [0.05, 0.1) is 13.2 Å². The monoisotopic (exact) mass is 339 g/mol. The van der Waals surface area contributed by atoms with E-state index in [0.29, 0.717) is 5.56 Å². The highest BCUT2D eigenvalue weighted by Crippen LogP contribution is 2.05. The first kappa shape index (κ1) is 16.2. The minimum Gasteiger partial charge on any atom is -0.467 e. The summed E-state index contributed by atoms with van der Waals surface area (Å²) in [5, 5.41) is 11.9. The van der Waals surface area contributed by atoms with Crippen molar-refractivity contribution in [2.45, 2.75) is 19.1 Å². The van der Waals surface area contributed by atoms with E-state index >= 15 is 0 Å². The fourth-order valence-electron chi connectivity index (χ4n) is 1.49. The molecule has 2 N–H and O–H groups in total. The van der Waals surface area contributed by atoms with Crippen LogP contribution in [0.1, 0.15) is 22.8 Å². The van der Waals surface area contributed by atoms with Crippen molar-refractivity contribution in [3.05, 3.63) is 35.4 Å². The number of hydrogen-bond donors (Lipinski definition) is 2. The lowest BCUT2D eigenvalue weighted by Gasteiger charge is -2.18. The van der Waals surface area contributed by atoms with Crippen molar-refractivity contribution in [2.75, 3.05) is 7.11 Å². The van der Waals surface area contributed by atoms with E-state index in [9.17, 15) is 14.7 Å². The Labute approximate surface area is 125 Å². The largest absolute Gasteiger partial charge is 0.467 e. The summed E-state index contributed by atoms with van der Waals surface area (Å²) in [5.74, 6) is 1.61. The Bertz CT molecular complexity index is 543. The van der Waals surface area contributed by atoms with Crippen molar-refractivity contribution >= 4 is 27.8 Å². The second-order valence-corrected chi connectivity index (χ2v) is 4.41. The quantitative estimate of drug-likeness (QED) is 0.635. The van der Waals surface area contributed by atoms with Crippen molar-refractivity contribution in [2.24, 2.45) is 0 Å². The molecule has 5 nitrogen and oxygen atoms in total. The van der Waals surface area contributed by atoms with E-state index < -0.39 is 24.0 Å². The van der Waals surface area contributed by atoms with E-state index in [1.54, 1.807) is 24.3 Å². The SMILES string of the molecule is COC(=O)C(NC(=O)c1ccc(C#CBr)cc1)C(C)O. The van der Waals surface area contributed by atoms with Crippen LogP contribution in [-0.4, -0.2) is 36.2 Å². The molecule has 0 aliphatic heterocycles. The minimum absolute atomic E-state index is 0.361. The van der Waals surface area contributed by atoms with Gasteiger partial charge in [-0.1, -0.05) is 5.92 Å². The van der Waals surface area contributed by atoms with Gasteiger partial charge in [0.25, 0.3) is 5.91 Å². The zero-order valence-corrected chi connectivity index (χ0v) is 12.6. The molecule has 0 saturated heterocycles. The summed E-state index contributed by atoms with van der Waals surface area (Å²) < 4.78 is 4.52. The van der Waals surface area contributed by atoms with Crippen molar-refractivity contribution in [3.8, 4) is 10.8 Å². The van der Waals surface area contributed by atoms with Crippen molar-refractivity contribution in [3.63, 3.8) is 0 Å². The number of rotatable bonds is 4. The molecule has 0 aliphatic rings. The third-order valence-corrected chi connectivity index (χ3v) is 2.76. The maximum Gasteiger partial charge on any atom is 0.331 e. The van der Waals surface area contributed by atoms with Gasteiger partial charge in [-0.15, -0.1) is 0 Å². The summed E-state index contributed by atoms with van der Waals surface area (Å²) in [5.41, 5.74) is 1.11. The number of amides is 1. The molecule has 0 aromatic heterocycles. The first-order chi connectivity index (χ1) is 9.49. The molecule has 0 bridgehead atoms. The van der Waals surface area contributed by atoms with Gasteiger partial charge < -0.3 is 15.2 Å². The Morgan fingerprint density at radius 2 is 1.95 bits per heavy atom. The molecule has 2 atom stereocenters. The van der Waals surface area contributed by atoms with Crippen LogP contribution in [0, 0.1) is 10.8 Å². The minimum atomic E-state index is -1.10. The van der Waals surface area contributed by atoms with Crippen molar-refractivity contribution in [1.82, 2.24) is 5.32 Å². The number of halogens is 1. The molecule has 0 radical (unpaired) electrons. The molecule has 1 aromatic rings. The molecule has 20 heavy (non-hydrogen) atoms. The standard InChI is InChI=1S/C14H14BrNO4/c1-9(17)12(14(19)20-2)16-13(18)11-5-3-10(4-6-11)7-8-15/h3-6,9,12,17H,1-2H3,(H,16,18). The van der Waals surface area contributed by atoms with E-state index in [2.05, 4.69) is 36.7 Å². The first-order valence-electron chi connectivity index (χ1n) is 5.78. The number of carbonyl (C=O) groups excluding carboxylic acids is 2. The van der Waals surface area contributed by atoms with Crippen LogP contribution in [-0.2, 0) is 9.53 Å². The summed E-state index contributed by atoms with van der Waals surface area (Å²) in [7, 11) is 1.19. The van der Waals surface area contributed by atoms with E-state index in [1.807, 2.05) is 0 Å². The van der Waals surface area contributed by atoms with Gasteiger partial charge in [0, 0.05) is 27.1 Å². The fourth-order valence-corrected chi connectivity index (χ4v) is 1.72. The van der Waals surface area contributed by atoms with Crippen LogP contribution in [0.15, 0.2) is 24.3 Å². The van der Waals surface area contributed by atoms with Crippen LogP contribution in [0.4, 0.5) is 0 Å². The van der Waals surface area contributed by atoms with Crippen LogP contribution in [0.3, 0.4) is 0 Å². The summed E-state index contributed by atoms with van der Waals surface area (Å²) in [4.78, 5) is 26.0. The Morgan fingerprint density at radius 3 is 2.40 bits per heavy atom. The third kappa shape index (κ3) is 4.37. The second kappa shape index (κ2) is 7.68. The first-order valence-corrected chi connectivity index (χ1v) is 6.57. The Balaban J connectivity index is 2.82. The van der Waals surface area contributed by atoms with Gasteiger partial charge in [0.1, 0.15) is 0 Å². The molecule has 1 aromatic carbocycles. The molecule has 0 spiro atoms. The summed E-state index contributed by atoms with van der Waals surface area (Å²) in [6.07, 6.45) is -1.05. The highest BCUT2D eigenvalue weighted by Gasteiger charge is 2.26. The third-order valence-electron chi connectivity index (χ3n) is 2.56. The second-order valence-electron chi connectivity index (χ2n) is 4.01. The number of aliphatic hydroxyl groups excluding tert-OH is 1. The number of aliphatic hydroxyl groups is 1. The van der Waals surface area contributed by atoms with Gasteiger partial charge in [-0.05, 0) is 36.0 Å². The van der Waals surface area contributed by atoms with Gasteiger partial charge >= 0.3 is 5.97 Å². The number of methoxy groups -OCH3 is 1. The van der Waals surface area contributed by atoms with E-state index in [4.69, 9.17) is 0 Å². The summed E-state index contributed by atoms with van der Waals surface area (Å²) in [6, 6.07) is 5.42. The van der Waals surface area contributed by atoms with Crippen LogP contribution < -0.4 is 5.32 Å². The lowest BCUT2D eigenvalue weighted by Crippen LogP contribution is -2.48. The molecule has 0 saturated carbocycles. The van der Waals surface area contributed by atoms with Crippen LogP contribution in [0.25, 0.3) is 0 Å². The van der Waals surface area contributed by atoms with Gasteiger partial charge in [-0.25, -0.2) is 4.79 Å². The number of esters is 1. The van der Waals surface area contributed by atoms with Crippen LogP contribution >= 0.6 is 15.9 Å². The van der Waals surface area contributed by atoms with Crippen molar-refractivity contribution < 1.29 is 19.4 Å². The average Bonchev–Trinajstić information content (AvgIpc) is 2.44. The van der Waals surface area contributed by atoms with Gasteiger partial charge in [0.15, 0.2) is 6.04 Å². The Kier molecular flexibility index (Phi) is 6.22. The topological polar surface area (TPSA) is 75.6 Å². The highest BCUT2D eigenvalue weighted by atomic mass is 79.9. The number of nitrogens with one attached hydrogen (secondary N) is 1. The van der Waals surface area contributed by atoms with Crippen LogP contribution in [0.5, 0.6) is 0 Å². The molecule has 1 amide bonds. The maximum absolute atomic E-state index is 12.0. The maximum atomic E-state index is 12.0. The molecule has 0 heterocycles. The molecule has 0 fully saturated rings. The summed E-state index contributed by atoms with van der Waals surface area (Å²) in [6.45, 7) is 1.40. The number of carbonyl (C=O) groups is 2. The van der Waals surface area contributed by atoms with Crippen molar-refractivity contribution in [1.29, 1.82) is 0 Å². The smallest absolute Gasteiger partial charge is 0.331 e. The zero-order valence-electron chi connectivity index (χ0n) is 11.0. The lowest BCUT2D eigenvalue weighted by molar-refractivity contribution is -0.145.